The number of carboxylic acids is 1. The number of urea groups is 1. The van der Waals surface area contributed by atoms with Crippen LogP contribution >= 0.6 is 15.9 Å². The maximum atomic E-state index is 12.8. The Labute approximate surface area is 126 Å². The van der Waals surface area contributed by atoms with Gasteiger partial charge in [0.25, 0.3) is 0 Å². The van der Waals surface area contributed by atoms with Crippen LogP contribution in [-0.2, 0) is 4.79 Å². The molecule has 3 N–H and O–H groups in total. The molecule has 0 fully saturated rings. The highest BCUT2D eigenvalue weighted by Gasteiger charge is 2.58. The van der Waals surface area contributed by atoms with Gasteiger partial charge in [-0.15, -0.1) is 0 Å². The number of hydrogen-bond acceptors (Lipinski definition) is 2. The number of hydrogen-bond donors (Lipinski definition) is 3. The third-order valence-corrected chi connectivity index (χ3v) is 3.42. The molecule has 0 saturated heterocycles. The van der Waals surface area contributed by atoms with E-state index in [-0.39, 0.29) is 5.69 Å². The van der Waals surface area contributed by atoms with Crippen molar-refractivity contribution < 1.29 is 27.9 Å². The van der Waals surface area contributed by atoms with Gasteiger partial charge in [-0.3, -0.25) is 0 Å². The SMILES string of the molecule is Cc1ccc(Br)c(NC(=O)NC(C)(C(=O)O)C(F)(F)F)c1. The fraction of sp³-hybridized carbons (Fsp3) is 0.333. The Bertz CT molecular complexity index is 577. The van der Waals surface area contributed by atoms with Gasteiger partial charge in [-0.05, 0) is 47.5 Å². The first-order valence-electron chi connectivity index (χ1n) is 5.63. The molecule has 9 heteroatoms. The van der Waals surface area contributed by atoms with E-state index in [1.807, 2.05) is 0 Å². The Morgan fingerprint density at radius 3 is 2.33 bits per heavy atom. The number of alkyl halides is 3. The Hall–Kier alpha value is -1.77. The van der Waals surface area contributed by atoms with Gasteiger partial charge in [-0.25, -0.2) is 9.59 Å². The van der Waals surface area contributed by atoms with Crippen LogP contribution in [0.4, 0.5) is 23.7 Å². The lowest BCUT2D eigenvalue weighted by Crippen LogP contribution is -2.62. The largest absolute Gasteiger partial charge is 0.479 e. The summed E-state index contributed by atoms with van der Waals surface area (Å²) in [7, 11) is 0. The maximum absolute atomic E-state index is 12.8. The van der Waals surface area contributed by atoms with Crippen molar-refractivity contribution in [2.75, 3.05) is 5.32 Å². The zero-order chi connectivity index (χ0) is 16.4. The standard InChI is InChI=1S/C12H12BrF3N2O3/c1-6-3-4-7(13)8(5-6)17-10(21)18-11(2,9(19)20)12(14,15)16/h3-5H,1-2H3,(H,19,20)(H2,17,18,21). The summed E-state index contributed by atoms with van der Waals surface area (Å²) < 4.78 is 38.7. The van der Waals surface area contributed by atoms with Crippen LogP contribution in [0.5, 0.6) is 0 Å². The average Bonchev–Trinajstić information content (AvgIpc) is 2.32. The highest BCUT2D eigenvalue weighted by Crippen LogP contribution is 2.31. The van der Waals surface area contributed by atoms with Crippen LogP contribution in [0, 0.1) is 6.92 Å². The normalized spacial score (nSPS) is 14.2. The number of halogens is 4. The molecule has 1 rings (SSSR count). The Kier molecular flexibility index (Phi) is 4.87. The van der Waals surface area contributed by atoms with Gasteiger partial charge in [0.1, 0.15) is 0 Å². The second-order valence-electron chi connectivity index (χ2n) is 4.49. The van der Waals surface area contributed by atoms with Gasteiger partial charge < -0.3 is 15.7 Å². The summed E-state index contributed by atoms with van der Waals surface area (Å²) in [5, 5.41) is 12.3. The molecule has 2 amide bonds. The minimum Gasteiger partial charge on any atom is -0.479 e. The first kappa shape index (κ1) is 17.3. The molecule has 21 heavy (non-hydrogen) atoms. The van der Waals surface area contributed by atoms with Crippen molar-refractivity contribution >= 4 is 33.6 Å². The van der Waals surface area contributed by atoms with E-state index in [0.29, 0.717) is 11.4 Å². The summed E-state index contributed by atoms with van der Waals surface area (Å²) >= 11 is 3.13. The molecule has 1 atom stereocenters. The van der Waals surface area contributed by atoms with Crippen molar-refractivity contribution in [3.63, 3.8) is 0 Å². The van der Waals surface area contributed by atoms with Gasteiger partial charge in [0.15, 0.2) is 0 Å². The highest BCUT2D eigenvalue weighted by atomic mass is 79.9. The van der Waals surface area contributed by atoms with E-state index in [1.54, 1.807) is 19.1 Å². The third-order valence-electron chi connectivity index (χ3n) is 2.73. The lowest BCUT2D eigenvalue weighted by molar-refractivity contribution is -0.203. The van der Waals surface area contributed by atoms with E-state index in [1.165, 1.54) is 11.4 Å². The molecule has 0 saturated carbocycles. The first-order valence-corrected chi connectivity index (χ1v) is 6.42. The minimum absolute atomic E-state index is 0.224. The van der Waals surface area contributed by atoms with Gasteiger partial charge in [-0.1, -0.05) is 6.07 Å². The van der Waals surface area contributed by atoms with Gasteiger partial charge in [0, 0.05) is 4.47 Å². The summed E-state index contributed by atoms with van der Waals surface area (Å²) in [6.45, 7) is 2.10. The molecule has 0 aliphatic carbocycles. The van der Waals surface area contributed by atoms with Crippen molar-refractivity contribution in [1.82, 2.24) is 5.32 Å². The van der Waals surface area contributed by atoms with Crippen molar-refractivity contribution in [3.8, 4) is 0 Å². The van der Waals surface area contributed by atoms with Crippen LogP contribution in [0.2, 0.25) is 0 Å². The summed E-state index contributed by atoms with van der Waals surface area (Å²) in [6.07, 6.45) is -5.14. The Morgan fingerprint density at radius 2 is 1.86 bits per heavy atom. The molecule has 116 valence electrons. The number of anilines is 1. The predicted molar refractivity (Wildman–Crippen MR) is 73.1 cm³/mol. The number of rotatable bonds is 3. The molecule has 0 bridgehead atoms. The quantitative estimate of drug-likeness (QED) is 0.765. The number of nitrogens with one attached hydrogen (secondary N) is 2. The lowest BCUT2D eigenvalue weighted by atomic mass is 10.0. The predicted octanol–water partition coefficient (Wildman–Crippen LogP) is 3.28. The summed E-state index contributed by atoms with van der Waals surface area (Å²) in [4.78, 5) is 22.4. The summed E-state index contributed by atoms with van der Waals surface area (Å²) in [5.74, 6) is -2.20. The number of amides is 2. The molecule has 0 heterocycles. The van der Waals surface area contributed by atoms with Gasteiger partial charge in [0.05, 0.1) is 5.69 Å². The number of aryl methyl sites for hydroxylation is 1. The van der Waals surface area contributed by atoms with Crippen molar-refractivity contribution in [2.24, 2.45) is 0 Å². The summed E-state index contributed by atoms with van der Waals surface area (Å²) in [5.41, 5.74) is -2.39. The number of carbonyl (C=O) groups excluding carboxylic acids is 1. The molecular formula is C12H12BrF3N2O3. The zero-order valence-electron chi connectivity index (χ0n) is 11.0. The van der Waals surface area contributed by atoms with E-state index in [0.717, 1.165) is 5.56 Å². The fourth-order valence-corrected chi connectivity index (χ4v) is 1.71. The van der Waals surface area contributed by atoms with Crippen molar-refractivity contribution in [3.05, 3.63) is 28.2 Å². The second kappa shape index (κ2) is 5.92. The molecular weight excluding hydrogens is 357 g/mol. The Morgan fingerprint density at radius 1 is 1.29 bits per heavy atom. The number of carboxylic acid groups (broad SMARTS) is 1. The van der Waals surface area contributed by atoms with E-state index < -0.39 is 23.7 Å². The smallest absolute Gasteiger partial charge is 0.422 e. The van der Waals surface area contributed by atoms with E-state index in [4.69, 9.17) is 5.11 Å². The average molecular weight is 369 g/mol. The molecule has 0 aliphatic heterocycles. The maximum Gasteiger partial charge on any atom is 0.422 e. The lowest BCUT2D eigenvalue weighted by Gasteiger charge is -2.28. The van der Waals surface area contributed by atoms with E-state index >= 15 is 0 Å². The Balaban J connectivity index is 2.95. The van der Waals surface area contributed by atoms with Crippen LogP contribution in [0.1, 0.15) is 12.5 Å². The van der Waals surface area contributed by atoms with E-state index in [9.17, 15) is 22.8 Å². The van der Waals surface area contributed by atoms with Gasteiger partial charge in [0.2, 0.25) is 5.54 Å². The molecule has 0 radical (unpaired) electrons. The topological polar surface area (TPSA) is 78.4 Å². The molecule has 0 spiro atoms. The van der Waals surface area contributed by atoms with Crippen molar-refractivity contribution in [1.29, 1.82) is 0 Å². The van der Waals surface area contributed by atoms with Crippen LogP contribution in [0.25, 0.3) is 0 Å². The number of benzene rings is 1. The highest BCUT2D eigenvalue weighted by molar-refractivity contribution is 9.10. The minimum atomic E-state index is -5.14. The monoisotopic (exact) mass is 368 g/mol. The van der Waals surface area contributed by atoms with Crippen LogP contribution in [0.3, 0.4) is 0 Å². The molecule has 5 nitrogen and oxygen atoms in total. The van der Waals surface area contributed by atoms with E-state index in [2.05, 4.69) is 21.2 Å². The first-order chi connectivity index (χ1) is 9.47. The van der Waals surface area contributed by atoms with Crippen molar-refractivity contribution in [2.45, 2.75) is 25.6 Å². The molecule has 1 unspecified atom stereocenters. The van der Waals surface area contributed by atoms with Gasteiger partial charge in [-0.2, -0.15) is 13.2 Å². The number of aliphatic carboxylic acids is 1. The second-order valence-corrected chi connectivity index (χ2v) is 5.34. The molecule has 0 aromatic heterocycles. The zero-order valence-corrected chi connectivity index (χ0v) is 12.6. The fourth-order valence-electron chi connectivity index (χ4n) is 1.36. The molecule has 0 aliphatic rings. The van der Waals surface area contributed by atoms with Gasteiger partial charge >= 0.3 is 18.2 Å². The molecule has 1 aromatic carbocycles. The van der Waals surface area contributed by atoms with Crippen LogP contribution in [0.15, 0.2) is 22.7 Å². The third kappa shape index (κ3) is 3.87. The molecule has 1 aromatic rings. The summed E-state index contributed by atoms with van der Waals surface area (Å²) in [6, 6.07) is 3.58. The van der Waals surface area contributed by atoms with Crippen LogP contribution in [-0.4, -0.2) is 28.8 Å². The van der Waals surface area contributed by atoms with Crippen LogP contribution < -0.4 is 10.6 Å². The number of carbonyl (C=O) groups is 2.